The van der Waals surface area contributed by atoms with E-state index in [0.29, 0.717) is 16.8 Å². The Morgan fingerprint density at radius 3 is 2.27 bits per heavy atom. The number of para-hydroxylation sites is 1. The summed E-state index contributed by atoms with van der Waals surface area (Å²) in [5.74, 6) is -2.50. The third kappa shape index (κ3) is 3.50. The SMILES string of the molecule is CC1=C[C@@H]2N(c3ccc(C)cc31)[C@H](C(=O)c1ccccc1)[C@H](C(=O)c1ccc(F)cc1)[C@@]21C(=O)Nc2ccccc21. The summed E-state index contributed by atoms with van der Waals surface area (Å²) >= 11 is 0. The summed E-state index contributed by atoms with van der Waals surface area (Å²) in [4.78, 5) is 45.7. The number of fused-ring (bicyclic) bond motifs is 6. The molecule has 7 rings (SSSR count). The van der Waals surface area contributed by atoms with E-state index in [-0.39, 0.29) is 23.0 Å². The first kappa shape index (κ1) is 25.1. The minimum atomic E-state index is -1.40. The van der Waals surface area contributed by atoms with E-state index in [1.54, 1.807) is 24.3 Å². The summed E-state index contributed by atoms with van der Waals surface area (Å²) < 4.78 is 13.9. The molecule has 4 aromatic rings. The van der Waals surface area contributed by atoms with E-state index in [1.165, 1.54) is 24.3 Å². The van der Waals surface area contributed by atoms with Gasteiger partial charge >= 0.3 is 0 Å². The normalized spacial score (nSPS) is 23.9. The Morgan fingerprint density at radius 2 is 1.51 bits per heavy atom. The van der Waals surface area contributed by atoms with Gasteiger partial charge in [0.1, 0.15) is 17.3 Å². The van der Waals surface area contributed by atoms with Crippen LogP contribution in [0, 0.1) is 18.7 Å². The van der Waals surface area contributed by atoms with Gasteiger partial charge in [-0.3, -0.25) is 14.4 Å². The molecule has 0 saturated carbocycles. The number of halogens is 1. The number of carbonyl (C=O) groups excluding carboxylic acids is 3. The molecule has 0 unspecified atom stereocenters. The second-order valence-electron chi connectivity index (χ2n) is 11.1. The smallest absolute Gasteiger partial charge is 0.238 e. The second kappa shape index (κ2) is 9.10. The number of nitrogens with one attached hydrogen (secondary N) is 1. The molecule has 3 heterocycles. The predicted octanol–water partition coefficient (Wildman–Crippen LogP) is 6.38. The van der Waals surface area contributed by atoms with Crippen LogP contribution >= 0.6 is 0 Å². The van der Waals surface area contributed by atoms with E-state index in [9.17, 15) is 18.8 Å². The predicted molar refractivity (Wildman–Crippen MR) is 157 cm³/mol. The van der Waals surface area contributed by atoms with Gasteiger partial charge in [-0.1, -0.05) is 66.2 Å². The van der Waals surface area contributed by atoms with Crippen molar-refractivity contribution >= 4 is 34.4 Å². The van der Waals surface area contributed by atoms with Crippen molar-refractivity contribution in [3.8, 4) is 0 Å². The lowest BCUT2D eigenvalue weighted by molar-refractivity contribution is -0.121. The minimum Gasteiger partial charge on any atom is -0.352 e. The molecule has 0 bridgehead atoms. The topological polar surface area (TPSA) is 66.5 Å². The lowest BCUT2D eigenvalue weighted by Crippen LogP contribution is -2.51. The number of carbonyl (C=O) groups is 3. The van der Waals surface area contributed by atoms with Crippen molar-refractivity contribution in [2.45, 2.75) is 31.3 Å². The largest absolute Gasteiger partial charge is 0.352 e. The maximum absolute atomic E-state index is 14.7. The molecular weight excluding hydrogens is 515 g/mol. The zero-order valence-corrected chi connectivity index (χ0v) is 22.6. The third-order valence-corrected chi connectivity index (χ3v) is 8.87. The van der Waals surface area contributed by atoms with E-state index in [4.69, 9.17) is 0 Å². The number of aryl methyl sites for hydroxylation is 1. The van der Waals surface area contributed by atoms with Crippen LogP contribution in [-0.4, -0.2) is 29.6 Å². The zero-order chi connectivity index (χ0) is 28.5. The van der Waals surface area contributed by atoms with E-state index in [0.717, 1.165) is 22.4 Å². The summed E-state index contributed by atoms with van der Waals surface area (Å²) in [6.07, 6.45) is 2.03. The van der Waals surface area contributed by atoms with Crippen LogP contribution in [-0.2, 0) is 10.2 Å². The lowest BCUT2D eigenvalue weighted by atomic mass is 9.64. The quantitative estimate of drug-likeness (QED) is 0.304. The van der Waals surface area contributed by atoms with Crippen LogP contribution in [0.15, 0.2) is 103 Å². The summed E-state index contributed by atoms with van der Waals surface area (Å²) in [5.41, 5.74) is 4.43. The Labute approximate surface area is 237 Å². The zero-order valence-electron chi connectivity index (χ0n) is 22.6. The van der Waals surface area contributed by atoms with Crippen LogP contribution in [0.1, 0.15) is 44.3 Å². The highest BCUT2D eigenvalue weighted by Gasteiger charge is 2.70. The molecule has 202 valence electrons. The van der Waals surface area contributed by atoms with Gasteiger partial charge in [0, 0.05) is 28.1 Å². The van der Waals surface area contributed by atoms with Gasteiger partial charge in [-0.05, 0) is 67.4 Å². The van der Waals surface area contributed by atoms with Gasteiger partial charge in [0.05, 0.1) is 12.0 Å². The van der Waals surface area contributed by atoms with Crippen molar-refractivity contribution in [3.63, 3.8) is 0 Å². The first-order valence-electron chi connectivity index (χ1n) is 13.7. The summed E-state index contributed by atoms with van der Waals surface area (Å²) in [5, 5.41) is 3.04. The monoisotopic (exact) mass is 542 g/mol. The molecule has 41 heavy (non-hydrogen) atoms. The van der Waals surface area contributed by atoms with Crippen molar-refractivity contribution in [2.24, 2.45) is 5.92 Å². The highest BCUT2D eigenvalue weighted by molar-refractivity contribution is 6.18. The minimum absolute atomic E-state index is 0.246. The molecule has 4 aromatic carbocycles. The number of allylic oxidation sites excluding steroid dienone is 1. The van der Waals surface area contributed by atoms with Crippen molar-refractivity contribution in [2.75, 3.05) is 10.2 Å². The Hall–Kier alpha value is -4.84. The number of nitrogens with zero attached hydrogens (tertiary/aromatic N) is 1. The molecule has 4 atom stereocenters. The molecule has 3 aliphatic heterocycles. The first-order valence-corrected chi connectivity index (χ1v) is 13.7. The molecule has 0 aliphatic carbocycles. The first-order chi connectivity index (χ1) is 19.8. The summed E-state index contributed by atoms with van der Waals surface area (Å²) in [7, 11) is 0. The summed E-state index contributed by atoms with van der Waals surface area (Å²) in [6.45, 7) is 4.02. The number of hydrogen-bond acceptors (Lipinski definition) is 4. The van der Waals surface area contributed by atoms with E-state index < -0.39 is 29.2 Å². The van der Waals surface area contributed by atoms with Gasteiger partial charge in [0.2, 0.25) is 5.91 Å². The molecule has 6 heteroatoms. The van der Waals surface area contributed by atoms with Gasteiger partial charge < -0.3 is 10.2 Å². The molecule has 1 amide bonds. The Bertz CT molecular complexity index is 1780. The van der Waals surface area contributed by atoms with Gasteiger partial charge in [-0.2, -0.15) is 0 Å². The van der Waals surface area contributed by atoms with Gasteiger partial charge in [0.15, 0.2) is 11.6 Å². The number of hydrogen-bond donors (Lipinski definition) is 1. The molecular formula is C35H27FN2O3. The number of Topliss-reactive ketones (excluding diaryl/α,β-unsaturated/α-hetero) is 2. The lowest BCUT2D eigenvalue weighted by Gasteiger charge is -2.39. The average Bonchev–Trinajstić information content (AvgIpc) is 3.45. The highest BCUT2D eigenvalue weighted by atomic mass is 19.1. The van der Waals surface area contributed by atoms with Crippen LogP contribution in [0.2, 0.25) is 0 Å². The van der Waals surface area contributed by atoms with Crippen LogP contribution in [0.3, 0.4) is 0 Å². The average molecular weight is 543 g/mol. The van der Waals surface area contributed by atoms with Crippen LogP contribution < -0.4 is 10.2 Å². The standard InChI is InChI=1S/C35H27FN2O3/c1-20-12-17-28-25(18-20)21(2)19-29-35(26-10-6-7-11-27(26)37-34(35)41)30(32(39)23-13-15-24(36)16-14-23)31(38(28)29)33(40)22-8-4-3-5-9-22/h3-19,29-31H,1-2H3,(H,37,41)/t29-,30+,31-,35-/m0/s1. The number of ketones is 2. The number of anilines is 2. The molecule has 0 aromatic heterocycles. The fourth-order valence-electron chi connectivity index (χ4n) is 7.11. The molecule has 0 radical (unpaired) electrons. The van der Waals surface area contributed by atoms with Crippen LogP contribution in [0.25, 0.3) is 5.57 Å². The number of benzene rings is 4. The highest BCUT2D eigenvalue weighted by Crippen LogP contribution is 2.58. The third-order valence-electron chi connectivity index (χ3n) is 8.87. The van der Waals surface area contributed by atoms with E-state index >= 15 is 0 Å². The Balaban J connectivity index is 1.56. The second-order valence-corrected chi connectivity index (χ2v) is 11.1. The number of rotatable bonds is 4. The molecule has 1 spiro atoms. The van der Waals surface area contributed by atoms with E-state index in [2.05, 4.69) is 11.4 Å². The fourth-order valence-corrected chi connectivity index (χ4v) is 7.11. The number of amides is 1. The van der Waals surface area contributed by atoms with Crippen molar-refractivity contribution in [1.82, 2.24) is 0 Å². The van der Waals surface area contributed by atoms with Crippen LogP contribution in [0.5, 0.6) is 0 Å². The van der Waals surface area contributed by atoms with Crippen molar-refractivity contribution in [3.05, 3.63) is 137 Å². The van der Waals surface area contributed by atoms with Crippen LogP contribution in [0.4, 0.5) is 15.8 Å². The maximum Gasteiger partial charge on any atom is 0.238 e. The molecule has 1 N–H and O–H groups in total. The fraction of sp³-hybridized carbons (Fsp3) is 0.171. The van der Waals surface area contributed by atoms with Crippen molar-refractivity contribution < 1.29 is 18.8 Å². The Kier molecular flexibility index (Phi) is 5.58. The van der Waals surface area contributed by atoms with Gasteiger partial charge in [-0.25, -0.2) is 4.39 Å². The molecule has 1 fully saturated rings. The van der Waals surface area contributed by atoms with Crippen molar-refractivity contribution in [1.29, 1.82) is 0 Å². The summed E-state index contributed by atoms with van der Waals surface area (Å²) in [6, 6.07) is 26.1. The molecule has 5 nitrogen and oxygen atoms in total. The molecule has 3 aliphatic rings. The Morgan fingerprint density at radius 1 is 0.829 bits per heavy atom. The van der Waals surface area contributed by atoms with Gasteiger partial charge in [-0.15, -0.1) is 0 Å². The van der Waals surface area contributed by atoms with Gasteiger partial charge in [0.25, 0.3) is 0 Å². The maximum atomic E-state index is 14.7. The molecule has 1 saturated heterocycles. The van der Waals surface area contributed by atoms with E-state index in [1.807, 2.05) is 67.3 Å².